The number of nitrogens with one attached hydrogen (secondary N) is 1. The zero-order chi connectivity index (χ0) is 21.5. The zero-order valence-electron chi connectivity index (χ0n) is 17.8. The standard InChI is InChI=1S/C22H27N3O5/c1-24-9-11-25(12-10-24)23-15-16-5-7-18(8-6-16)30-22(26)17-13-19(27-2)21(29-4)20(14-17)28-3/h5-8,13-15H,9-12H2,1-4H3/p+1/b23-15-. The largest absolute Gasteiger partial charge is 0.493 e. The van der Waals surface area contributed by atoms with Gasteiger partial charge in [0, 0.05) is 0 Å². The van der Waals surface area contributed by atoms with Crippen molar-refractivity contribution in [3.63, 3.8) is 0 Å². The first-order chi connectivity index (χ1) is 14.5. The Kier molecular flexibility index (Phi) is 7.13. The normalized spacial score (nSPS) is 14.6. The number of hydrazone groups is 1. The third-order valence-corrected chi connectivity index (χ3v) is 4.95. The molecule has 0 radical (unpaired) electrons. The fourth-order valence-electron chi connectivity index (χ4n) is 3.13. The summed E-state index contributed by atoms with van der Waals surface area (Å²) in [4.78, 5) is 14.1. The van der Waals surface area contributed by atoms with Crippen LogP contribution >= 0.6 is 0 Å². The molecule has 8 nitrogen and oxygen atoms in total. The maximum atomic E-state index is 12.6. The Labute approximate surface area is 176 Å². The Morgan fingerprint density at radius 3 is 2.13 bits per heavy atom. The van der Waals surface area contributed by atoms with Crippen LogP contribution in [0.15, 0.2) is 41.5 Å². The maximum Gasteiger partial charge on any atom is 0.343 e. The molecule has 0 bridgehead atoms. The molecule has 1 N–H and O–H groups in total. The van der Waals surface area contributed by atoms with Gasteiger partial charge in [-0.3, -0.25) is 5.01 Å². The molecular formula is C22H28N3O5+. The van der Waals surface area contributed by atoms with E-state index >= 15 is 0 Å². The molecule has 30 heavy (non-hydrogen) atoms. The summed E-state index contributed by atoms with van der Waals surface area (Å²) < 4.78 is 21.3. The minimum absolute atomic E-state index is 0.298. The first-order valence-corrected chi connectivity index (χ1v) is 9.76. The minimum Gasteiger partial charge on any atom is -0.493 e. The molecule has 0 amide bonds. The van der Waals surface area contributed by atoms with E-state index in [1.54, 1.807) is 24.3 Å². The molecule has 0 unspecified atom stereocenters. The van der Waals surface area contributed by atoms with E-state index < -0.39 is 5.97 Å². The van der Waals surface area contributed by atoms with E-state index in [9.17, 15) is 4.79 Å². The molecule has 1 saturated heterocycles. The third-order valence-electron chi connectivity index (χ3n) is 4.95. The van der Waals surface area contributed by atoms with Crippen molar-refractivity contribution in [2.24, 2.45) is 5.10 Å². The number of hydrogen-bond acceptors (Lipinski definition) is 7. The lowest BCUT2D eigenvalue weighted by atomic mass is 10.2. The summed E-state index contributed by atoms with van der Waals surface area (Å²) in [5, 5.41) is 6.60. The van der Waals surface area contributed by atoms with Crippen LogP contribution in [0.4, 0.5) is 0 Å². The van der Waals surface area contributed by atoms with E-state index in [-0.39, 0.29) is 0 Å². The van der Waals surface area contributed by atoms with Gasteiger partial charge < -0.3 is 23.8 Å². The lowest BCUT2D eigenvalue weighted by molar-refractivity contribution is -0.884. The van der Waals surface area contributed by atoms with Crippen LogP contribution in [-0.4, -0.2) is 71.7 Å². The highest BCUT2D eigenvalue weighted by molar-refractivity contribution is 5.92. The van der Waals surface area contributed by atoms with Crippen LogP contribution in [0.1, 0.15) is 15.9 Å². The highest BCUT2D eigenvalue weighted by Gasteiger charge is 2.18. The third kappa shape index (κ3) is 5.21. The van der Waals surface area contributed by atoms with E-state index in [0.717, 1.165) is 31.7 Å². The Hall–Kier alpha value is -3.26. The van der Waals surface area contributed by atoms with Gasteiger partial charge in [0.1, 0.15) is 5.75 Å². The van der Waals surface area contributed by atoms with Gasteiger partial charge in [-0.05, 0) is 42.0 Å². The molecule has 1 aliphatic heterocycles. The van der Waals surface area contributed by atoms with Gasteiger partial charge in [-0.15, -0.1) is 0 Å². The Bertz CT molecular complexity index is 865. The van der Waals surface area contributed by atoms with Crippen molar-refractivity contribution in [2.75, 3.05) is 54.6 Å². The zero-order valence-corrected chi connectivity index (χ0v) is 17.8. The summed E-state index contributed by atoms with van der Waals surface area (Å²) in [5.74, 6) is 1.12. The molecule has 0 aromatic heterocycles. The number of benzene rings is 2. The fraction of sp³-hybridized carbons (Fsp3) is 0.364. The lowest BCUT2D eigenvalue weighted by Gasteiger charge is -2.27. The van der Waals surface area contributed by atoms with E-state index in [0.29, 0.717) is 28.6 Å². The van der Waals surface area contributed by atoms with Crippen LogP contribution in [-0.2, 0) is 0 Å². The maximum absolute atomic E-state index is 12.6. The molecule has 1 fully saturated rings. The van der Waals surface area contributed by atoms with Crippen LogP contribution in [0.3, 0.4) is 0 Å². The molecule has 1 heterocycles. The van der Waals surface area contributed by atoms with Crippen LogP contribution in [0.25, 0.3) is 0 Å². The highest BCUT2D eigenvalue weighted by Crippen LogP contribution is 2.38. The number of esters is 1. The summed E-state index contributed by atoms with van der Waals surface area (Å²) >= 11 is 0. The Balaban J connectivity index is 1.66. The van der Waals surface area contributed by atoms with Gasteiger partial charge >= 0.3 is 5.97 Å². The van der Waals surface area contributed by atoms with Crippen molar-refractivity contribution in [3.8, 4) is 23.0 Å². The Morgan fingerprint density at radius 2 is 1.60 bits per heavy atom. The number of piperazine rings is 1. The van der Waals surface area contributed by atoms with Crippen molar-refractivity contribution in [2.45, 2.75) is 0 Å². The minimum atomic E-state index is -0.518. The van der Waals surface area contributed by atoms with Gasteiger partial charge in [0.25, 0.3) is 0 Å². The molecular weight excluding hydrogens is 386 g/mol. The predicted octanol–water partition coefficient (Wildman–Crippen LogP) is 1.10. The van der Waals surface area contributed by atoms with E-state index in [1.807, 2.05) is 18.3 Å². The smallest absolute Gasteiger partial charge is 0.343 e. The molecule has 0 atom stereocenters. The molecule has 2 aromatic carbocycles. The molecule has 160 valence electrons. The second-order valence-electron chi connectivity index (χ2n) is 7.03. The summed E-state index contributed by atoms with van der Waals surface area (Å²) in [5.41, 5.74) is 1.24. The topological polar surface area (TPSA) is 74.0 Å². The second-order valence-corrected chi connectivity index (χ2v) is 7.03. The average molecular weight is 414 g/mol. The van der Waals surface area contributed by atoms with Crippen molar-refractivity contribution in [3.05, 3.63) is 47.5 Å². The molecule has 1 aliphatic rings. The predicted molar refractivity (Wildman–Crippen MR) is 113 cm³/mol. The molecule has 0 saturated carbocycles. The van der Waals surface area contributed by atoms with Gasteiger partial charge in [-0.1, -0.05) is 0 Å². The number of rotatable bonds is 7. The quantitative estimate of drug-likeness (QED) is 0.416. The fourth-order valence-corrected chi connectivity index (χ4v) is 3.13. The van der Waals surface area contributed by atoms with Gasteiger partial charge in [0.05, 0.1) is 66.3 Å². The van der Waals surface area contributed by atoms with Crippen molar-refractivity contribution >= 4 is 12.2 Å². The first kappa shape index (κ1) is 21.4. The first-order valence-electron chi connectivity index (χ1n) is 9.76. The Morgan fingerprint density at radius 1 is 1.00 bits per heavy atom. The number of ether oxygens (including phenoxy) is 4. The SMILES string of the molecule is COc1cc(C(=O)Oc2ccc(/C=N\N3CC[NH+](C)CC3)cc2)cc(OC)c1OC. The molecule has 3 rings (SSSR count). The van der Waals surface area contributed by atoms with Gasteiger partial charge in [-0.25, -0.2) is 4.79 Å². The number of methoxy groups -OCH3 is 3. The number of likely N-dealkylation sites (N-methyl/N-ethyl adjacent to an activating group) is 1. The summed E-state index contributed by atoms with van der Waals surface area (Å²) in [6.45, 7) is 4.08. The summed E-state index contributed by atoms with van der Waals surface area (Å²) in [6, 6.07) is 10.3. The number of carbonyl (C=O) groups excluding carboxylic acids is 1. The molecule has 0 spiro atoms. The molecule has 0 aliphatic carbocycles. The van der Waals surface area contributed by atoms with Gasteiger partial charge in [0.15, 0.2) is 11.5 Å². The number of hydrogen-bond donors (Lipinski definition) is 1. The summed E-state index contributed by atoms with van der Waals surface area (Å²) in [6.07, 6.45) is 1.82. The van der Waals surface area contributed by atoms with Crippen LogP contribution < -0.4 is 23.8 Å². The van der Waals surface area contributed by atoms with Gasteiger partial charge in [-0.2, -0.15) is 5.10 Å². The van der Waals surface area contributed by atoms with E-state index in [1.165, 1.54) is 26.2 Å². The number of carbonyl (C=O) groups is 1. The number of quaternary nitrogens is 1. The van der Waals surface area contributed by atoms with Gasteiger partial charge in [0.2, 0.25) is 5.75 Å². The van der Waals surface area contributed by atoms with Crippen LogP contribution in [0.2, 0.25) is 0 Å². The van der Waals surface area contributed by atoms with E-state index in [4.69, 9.17) is 18.9 Å². The lowest BCUT2D eigenvalue weighted by Crippen LogP contribution is -3.11. The van der Waals surface area contributed by atoms with Crippen molar-refractivity contribution in [1.29, 1.82) is 0 Å². The summed E-state index contributed by atoms with van der Waals surface area (Å²) in [7, 11) is 6.69. The van der Waals surface area contributed by atoms with Crippen molar-refractivity contribution in [1.82, 2.24) is 5.01 Å². The van der Waals surface area contributed by atoms with Crippen LogP contribution in [0, 0.1) is 0 Å². The van der Waals surface area contributed by atoms with Crippen molar-refractivity contribution < 1.29 is 28.6 Å². The average Bonchev–Trinajstić information content (AvgIpc) is 2.78. The van der Waals surface area contributed by atoms with E-state index in [2.05, 4.69) is 17.2 Å². The van der Waals surface area contributed by atoms with Crippen LogP contribution in [0.5, 0.6) is 23.0 Å². The number of nitrogens with zero attached hydrogens (tertiary/aromatic N) is 2. The monoisotopic (exact) mass is 414 g/mol. The molecule has 8 heteroatoms. The highest BCUT2D eigenvalue weighted by atomic mass is 16.5. The second kappa shape index (κ2) is 9.98. The molecule has 2 aromatic rings.